The van der Waals surface area contributed by atoms with E-state index in [1.54, 1.807) is 0 Å². The highest BCUT2D eigenvalue weighted by Gasteiger charge is 2.69. The number of benzene rings is 2. The summed E-state index contributed by atoms with van der Waals surface area (Å²) in [5.74, 6) is -0.0148. The van der Waals surface area contributed by atoms with E-state index in [4.69, 9.17) is 51.1 Å². The lowest BCUT2D eigenvalue weighted by Gasteiger charge is -2.55. The summed E-state index contributed by atoms with van der Waals surface area (Å²) >= 11 is 25.7. The molecule has 4 fully saturated rings. The predicted molar refractivity (Wildman–Crippen MR) is 165 cm³/mol. The Morgan fingerprint density at radius 2 is 1.56 bits per heavy atom. The summed E-state index contributed by atoms with van der Waals surface area (Å²) in [7, 11) is 4.35. The number of ether oxygens (including phenoxy) is 1. The van der Waals surface area contributed by atoms with Crippen molar-refractivity contribution in [2.45, 2.75) is 75.0 Å². The molecule has 9 heteroatoms. The molecule has 4 saturated heterocycles. The zero-order valence-electron chi connectivity index (χ0n) is 23.7. The molecule has 0 aliphatic carbocycles. The van der Waals surface area contributed by atoms with Gasteiger partial charge in [-0.25, -0.2) is 0 Å². The Bertz CT molecular complexity index is 1330. The second-order valence-electron chi connectivity index (χ2n) is 12.5. The first-order valence-corrected chi connectivity index (χ1v) is 16.3. The zero-order valence-corrected chi connectivity index (χ0v) is 26.7. The largest absolute Gasteiger partial charge is 0.465 e. The van der Waals surface area contributed by atoms with E-state index in [9.17, 15) is 9.90 Å². The fourth-order valence-corrected chi connectivity index (χ4v) is 10.0. The highest BCUT2D eigenvalue weighted by atomic mass is 35.5. The first kappa shape index (κ1) is 30.0. The van der Waals surface area contributed by atoms with Crippen LogP contribution in [0.2, 0.25) is 20.1 Å². The van der Waals surface area contributed by atoms with Crippen molar-refractivity contribution in [3.8, 4) is 0 Å². The molecule has 5 nitrogen and oxygen atoms in total. The monoisotopic (exact) mass is 638 g/mol. The zero-order chi connectivity index (χ0) is 29.2. The quantitative estimate of drug-likeness (QED) is 0.337. The second kappa shape index (κ2) is 11.5. The lowest BCUT2D eigenvalue weighted by Crippen LogP contribution is -2.63. The highest BCUT2D eigenvalue weighted by molar-refractivity contribution is 6.42. The molecule has 0 spiro atoms. The summed E-state index contributed by atoms with van der Waals surface area (Å²) in [6.45, 7) is 2.29. The number of piperidine rings is 2. The van der Waals surface area contributed by atoms with Crippen molar-refractivity contribution < 1.29 is 14.6 Å². The maximum Gasteiger partial charge on any atom is 0.314 e. The fourth-order valence-electron chi connectivity index (χ4n) is 9.42. The first-order chi connectivity index (χ1) is 19.6. The van der Waals surface area contributed by atoms with E-state index in [0.29, 0.717) is 32.7 Å². The molecule has 4 aliphatic heterocycles. The van der Waals surface area contributed by atoms with Gasteiger partial charge in [0.15, 0.2) is 0 Å². The van der Waals surface area contributed by atoms with Gasteiger partial charge in [0.05, 0.1) is 32.1 Å². The normalized spacial score (nSPS) is 37.0. The van der Waals surface area contributed by atoms with Crippen LogP contribution < -0.4 is 0 Å². The van der Waals surface area contributed by atoms with E-state index in [1.807, 2.05) is 37.3 Å². The minimum absolute atomic E-state index is 0.0128. The van der Waals surface area contributed by atoms with Gasteiger partial charge in [-0.2, -0.15) is 0 Å². The van der Waals surface area contributed by atoms with Gasteiger partial charge in [-0.05, 0) is 100 Å². The third kappa shape index (κ3) is 4.65. The molecule has 2 aromatic rings. The summed E-state index contributed by atoms with van der Waals surface area (Å²) in [5, 5.41) is 12.8. The summed E-state index contributed by atoms with van der Waals surface area (Å²) in [6, 6.07) is 12.4. The molecule has 9 atom stereocenters. The van der Waals surface area contributed by atoms with E-state index in [2.05, 4.69) is 30.0 Å². The SMILES string of the molecule is CCOC(=O)[C@@]1(C2C[C@H]3[C@@H](CO)[C@H](c4ccc(Cl)c(Cl)c4)C[C@@H]2N3C)[C@@H]2CC[C@H](C[C@H]1c1ccc(Cl)c(Cl)c1)N2C. The minimum Gasteiger partial charge on any atom is -0.465 e. The number of halogens is 4. The maximum absolute atomic E-state index is 14.6. The number of fused-ring (bicyclic) bond motifs is 4. The Balaban J connectivity index is 1.50. The van der Waals surface area contributed by atoms with Crippen LogP contribution in [0.3, 0.4) is 0 Å². The molecular formula is C32H38Cl4N2O3. The molecule has 2 aromatic carbocycles. The molecule has 41 heavy (non-hydrogen) atoms. The van der Waals surface area contributed by atoms with Gasteiger partial charge in [-0.15, -0.1) is 0 Å². The van der Waals surface area contributed by atoms with Gasteiger partial charge in [-0.3, -0.25) is 14.6 Å². The predicted octanol–water partition coefficient (Wildman–Crippen LogP) is 7.28. The Morgan fingerprint density at radius 3 is 2.20 bits per heavy atom. The first-order valence-electron chi connectivity index (χ1n) is 14.7. The number of hydrogen-bond donors (Lipinski definition) is 1. The smallest absolute Gasteiger partial charge is 0.314 e. The molecule has 1 N–H and O–H groups in total. The van der Waals surface area contributed by atoms with Gasteiger partial charge in [0.1, 0.15) is 0 Å². The van der Waals surface area contributed by atoms with Crippen molar-refractivity contribution in [1.82, 2.24) is 9.80 Å². The number of aliphatic hydroxyl groups is 1. The van der Waals surface area contributed by atoms with E-state index >= 15 is 0 Å². The number of aliphatic hydroxyl groups excluding tert-OH is 1. The maximum atomic E-state index is 14.6. The van der Waals surface area contributed by atoms with Crippen LogP contribution in [0, 0.1) is 17.3 Å². The summed E-state index contributed by atoms with van der Waals surface area (Å²) in [6.07, 6.45) is 4.50. The summed E-state index contributed by atoms with van der Waals surface area (Å²) in [5.41, 5.74) is 1.38. The molecule has 6 rings (SSSR count). The molecule has 0 aromatic heterocycles. The molecule has 0 amide bonds. The van der Waals surface area contributed by atoms with Crippen molar-refractivity contribution >= 4 is 52.4 Å². The van der Waals surface area contributed by atoms with Gasteiger partial charge in [0.25, 0.3) is 0 Å². The topological polar surface area (TPSA) is 53.0 Å². The van der Waals surface area contributed by atoms with E-state index in [1.165, 1.54) is 0 Å². The Morgan fingerprint density at radius 1 is 0.902 bits per heavy atom. The van der Waals surface area contributed by atoms with E-state index < -0.39 is 5.41 Å². The molecule has 222 valence electrons. The summed E-state index contributed by atoms with van der Waals surface area (Å²) < 4.78 is 6.05. The van der Waals surface area contributed by atoms with Crippen molar-refractivity contribution in [3.63, 3.8) is 0 Å². The highest BCUT2D eigenvalue weighted by Crippen LogP contribution is 2.64. The Kier molecular flexibility index (Phi) is 8.39. The van der Waals surface area contributed by atoms with Crippen LogP contribution in [0.15, 0.2) is 36.4 Å². The molecule has 4 aliphatic rings. The molecule has 1 unspecified atom stereocenters. The van der Waals surface area contributed by atoms with Crippen LogP contribution in [0.4, 0.5) is 0 Å². The van der Waals surface area contributed by atoms with Crippen LogP contribution in [-0.4, -0.2) is 72.4 Å². The van der Waals surface area contributed by atoms with Crippen molar-refractivity contribution in [1.29, 1.82) is 0 Å². The van der Waals surface area contributed by atoms with Crippen molar-refractivity contribution in [3.05, 3.63) is 67.6 Å². The van der Waals surface area contributed by atoms with Gasteiger partial charge < -0.3 is 9.84 Å². The second-order valence-corrected chi connectivity index (χ2v) is 14.2. The molecule has 0 saturated carbocycles. The minimum atomic E-state index is -0.769. The number of nitrogens with zero attached hydrogens (tertiary/aromatic N) is 2. The van der Waals surface area contributed by atoms with Crippen LogP contribution in [-0.2, 0) is 9.53 Å². The molecular weight excluding hydrogens is 602 g/mol. The lowest BCUT2D eigenvalue weighted by molar-refractivity contribution is -0.173. The third-order valence-corrected chi connectivity index (χ3v) is 12.6. The molecule has 0 radical (unpaired) electrons. The molecule has 4 bridgehead atoms. The number of esters is 1. The van der Waals surface area contributed by atoms with Gasteiger partial charge in [0, 0.05) is 42.6 Å². The average molecular weight is 640 g/mol. The van der Waals surface area contributed by atoms with Crippen LogP contribution >= 0.6 is 46.4 Å². The average Bonchev–Trinajstić information content (AvgIpc) is 3.32. The molecule has 4 heterocycles. The van der Waals surface area contributed by atoms with Gasteiger partial charge in [-0.1, -0.05) is 58.5 Å². The van der Waals surface area contributed by atoms with Crippen LogP contribution in [0.25, 0.3) is 0 Å². The van der Waals surface area contributed by atoms with E-state index in [0.717, 1.165) is 43.2 Å². The van der Waals surface area contributed by atoms with Crippen LogP contribution in [0.1, 0.15) is 62.0 Å². The van der Waals surface area contributed by atoms with Crippen LogP contribution in [0.5, 0.6) is 0 Å². The Hall–Kier alpha value is -1.05. The standard InChI is InChI=1S/C32H38Cl4N2O3/c1-4-41-31(40)32(22(13-19-7-10-30(32)37(19)2)18-6-9-25(34)27(36)12-18)23-15-28-21(16-39)20(14-29(23)38(28)3)17-5-8-24(33)26(35)11-17/h5-6,8-9,11-12,19-23,28-30,39H,4,7,10,13-16H2,1-3H3/t19-,20+,21+,22+,23?,28+,29+,30+,32+/m1/s1. The summed E-state index contributed by atoms with van der Waals surface area (Å²) in [4.78, 5) is 19.5. The van der Waals surface area contributed by atoms with Crippen molar-refractivity contribution in [2.24, 2.45) is 17.3 Å². The van der Waals surface area contributed by atoms with Gasteiger partial charge in [0.2, 0.25) is 0 Å². The Labute approximate surface area is 263 Å². The number of rotatable bonds is 6. The van der Waals surface area contributed by atoms with Crippen molar-refractivity contribution in [2.75, 3.05) is 27.3 Å². The third-order valence-electron chi connectivity index (χ3n) is 11.2. The van der Waals surface area contributed by atoms with E-state index in [-0.39, 0.29) is 54.4 Å². The van der Waals surface area contributed by atoms with Gasteiger partial charge >= 0.3 is 5.97 Å². The number of carbonyl (C=O) groups is 1. The number of hydrogen-bond acceptors (Lipinski definition) is 5. The lowest BCUT2D eigenvalue weighted by atomic mass is 9.55. The number of carbonyl (C=O) groups excluding carboxylic acids is 1. The fraction of sp³-hybridized carbons (Fsp3) is 0.594.